The van der Waals surface area contributed by atoms with Crippen LogP contribution >= 0.6 is 0 Å². The number of fused-ring (bicyclic) bond motifs is 5. The summed E-state index contributed by atoms with van der Waals surface area (Å²) in [6, 6.07) is 0. The number of allylic oxidation sites excluding steroid dienone is 3. The largest absolute Gasteiger partial charge is 0.432 e. The molecule has 0 aromatic carbocycles. The van der Waals surface area contributed by atoms with E-state index in [1.165, 1.54) is 0 Å². The number of aliphatic hydroxyl groups is 7. The van der Waals surface area contributed by atoms with Gasteiger partial charge in [0.25, 0.3) is 0 Å². The van der Waals surface area contributed by atoms with E-state index in [2.05, 4.69) is 46.8 Å². The fraction of sp³-hybridized carbons (Fsp3) is 0.861. The molecule has 3 fully saturated rings. The van der Waals surface area contributed by atoms with Crippen LogP contribution in [0.3, 0.4) is 0 Å². The Morgan fingerprint density at radius 1 is 1.00 bits per heavy atom. The van der Waals surface area contributed by atoms with Crippen molar-refractivity contribution in [3.63, 3.8) is 0 Å². The van der Waals surface area contributed by atoms with Crippen molar-refractivity contribution in [1.29, 1.82) is 0 Å². The molecular weight excluding hydrogens is 592 g/mol. The molecule has 0 aromatic rings. The second-order valence-electron chi connectivity index (χ2n) is 16.8. The third-order valence-electron chi connectivity index (χ3n) is 14.0. The van der Waals surface area contributed by atoms with Gasteiger partial charge in [0.05, 0.1) is 30.3 Å². The lowest BCUT2D eigenvalue weighted by molar-refractivity contribution is -0.295. The van der Waals surface area contributed by atoms with Gasteiger partial charge in [0, 0.05) is 0 Å². The molecule has 1 heterocycles. The van der Waals surface area contributed by atoms with Crippen LogP contribution in [0.25, 0.3) is 0 Å². The zero-order valence-corrected chi connectivity index (χ0v) is 28.6. The monoisotopic (exact) mass is 650 g/mol. The van der Waals surface area contributed by atoms with E-state index < -0.39 is 72.4 Å². The number of aliphatic hydroxyl groups excluding tert-OH is 7. The second kappa shape index (κ2) is 12.2. The molecule has 1 aliphatic heterocycles. The van der Waals surface area contributed by atoms with Crippen molar-refractivity contribution < 1.29 is 50.0 Å². The summed E-state index contributed by atoms with van der Waals surface area (Å²) in [6.45, 7) is 14.1. The zero-order chi connectivity index (χ0) is 34.2. The molecule has 5 aliphatic rings. The molecule has 0 radical (unpaired) electrons. The molecule has 46 heavy (non-hydrogen) atoms. The third-order valence-corrected chi connectivity index (χ3v) is 14.0. The van der Waals surface area contributed by atoms with Gasteiger partial charge in [0.15, 0.2) is 0 Å². The SMILES string of the molecule is C[C@H](O)[C@H](C)CC[C@@]1(C(=O)O[C@@H]2O[C@H](CO)[C@@H](O)[C@H](O)[C@H]2O)C=C2C=C[C@@H]3[C@@]4(C)C[C@@H](O)[C@@H](O)C(C)(C)[C@H]4CC[C@@]3(C)[C@]2(C)CC1. The second-order valence-corrected chi connectivity index (χ2v) is 16.8. The van der Waals surface area contributed by atoms with E-state index in [0.717, 1.165) is 18.4 Å². The van der Waals surface area contributed by atoms with Gasteiger partial charge in [-0.05, 0) is 96.9 Å². The van der Waals surface area contributed by atoms with E-state index in [1.54, 1.807) is 6.92 Å². The Hall–Kier alpha value is -1.37. The first-order valence-corrected chi connectivity index (χ1v) is 17.3. The van der Waals surface area contributed by atoms with Crippen molar-refractivity contribution in [3.8, 4) is 0 Å². The van der Waals surface area contributed by atoms with Gasteiger partial charge in [0.2, 0.25) is 6.29 Å². The minimum Gasteiger partial charge on any atom is -0.432 e. The summed E-state index contributed by atoms with van der Waals surface area (Å²) in [5.74, 6) is -0.328. The van der Waals surface area contributed by atoms with E-state index in [4.69, 9.17) is 9.47 Å². The Morgan fingerprint density at radius 2 is 1.67 bits per heavy atom. The normalized spacial score (nSPS) is 49.5. The molecule has 4 aliphatic carbocycles. The zero-order valence-electron chi connectivity index (χ0n) is 28.6. The minimum atomic E-state index is -1.70. The van der Waals surface area contributed by atoms with Crippen LogP contribution in [0.4, 0.5) is 0 Å². The number of ether oxygens (including phenoxy) is 2. The van der Waals surface area contributed by atoms with E-state index in [1.807, 2.05) is 13.0 Å². The Balaban J connectivity index is 1.52. The molecule has 5 rings (SSSR count). The first kappa shape index (κ1) is 35.9. The van der Waals surface area contributed by atoms with Crippen LogP contribution in [0.15, 0.2) is 23.8 Å². The lowest BCUT2D eigenvalue weighted by atomic mass is 9.36. The third kappa shape index (κ3) is 5.34. The Kier molecular flexibility index (Phi) is 9.52. The van der Waals surface area contributed by atoms with Gasteiger partial charge in [-0.3, -0.25) is 4.79 Å². The summed E-state index contributed by atoms with van der Waals surface area (Å²) < 4.78 is 11.3. The predicted molar refractivity (Wildman–Crippen MR) is 170 cm³/mol. The molecule has 0 amide bonds. The van der Waals surface area contributed by atoms with E-state index in [0.29, 0.717) is 32.1 Å². The van der Waals surface area contributed by atoms with Gasteiger partial charge in [0.1, 0.15) is 24.4 Å². The van der Waals surface area contributed by atoms with Crippen molar-refractivity contribution in [2.24, 2.45) is 44.8 Å². The van der Waals surface area contributed by atoms with Gasteiger partial charge >= 0.3 is 5.97 Å². The highest BCUT2D eigenvalue weighted by molar-refractivity contribution is 5.80. The van der Waals surface area contributed by atoms with Crippen LogP contribution in [0, 0.1) is 44.8 Å². The van der Waals surface area contributed by atoms with Gasteiger partial charge in [-0.2, -0.15) is 0 Å². The fourth-order valence-corrected chi connectivity index (χ4v) is 10.4. The fourth-order valence-electron chi connectivity index (χ4n) is 10.4. The first-order valence-electron chi connectivity index (χ1n) is 17.3. The van der Waals surface area contributed by atoms with Crippen LogP contribution < -0.4 is 0 Å². The van der Waals surface area contributed by atoms with E-state index in [9.17, 15) is 40.5 Å². The molecule has 1 saturated heterocycles. The molecule has 0 aromatic heterocycles. The van der Waals surface area contributed by atoms with Crippen molar-refractivity contribution in [2.75, 3.05) is 6.61 Å². The van der Waals surface area contributed by atoms with Gasteiger partial charge < -0.3 is 45.2 Å². The van der Waals surface area contributed by atoms with Crippen molar-refractivity contribution in [2.45, 2.75) is 142 Å². The molecule has 262 valence electrons. The van der Waals surface area contributed by atoms with Gasteiger partial charge in [-0.15, -0.1) is 0 Å². The minimum absolute atomic E-state index is 0.0842. The van der Waals surface area contributed by atoms with Crippen molar-refractivity contribution in [1.82, 2.24) is 0 Å². The molecule has 7 N–H and O–H groups in total. The lowest BCUT2D eigenvalue weighted by Crippen LogP contribution is -2.65. The number of carbonyl (C=O) groups is 1. The summed E-state index contributed by atoms with van der Waals surface area (Å²) in [5.41, 5.74) is -1.21. The Labute approximate surface area is 273 Å². The molecule has 10 heteroatoms. The maximum absolute atomic E-state index is 14.2. The summed E-state index contributed by atoms with van der Waals surface area (Å²) in [5, 5.41) is 73.1. The van der Waals surface area contributed by atoms with Crippen LogP contribution in [-0.2, 0) is 14.3 Å². The molecule has 0 unspecified atom stereocenters. The van der Waals surface area contributed by atoms with Crippen LogP contribution in [0.2, 0.25) is 0 Å². The average molecular weight is 651 g/mol. The number of hydrogen-bond donors (Lipinski definition) is 7. The van der Waals surface area contributed by atoms with Gasteiger partial charge in [-0.25, -0.2) is 0 Å². The Morgan fingerprint density at radius 3 is 2.30 bits per heavy atom. The number of rotatable bonds is 7. The number of esters is 1. The first-order chi connectivity index (χ1) is 21.3. The molecule has 0 spiro atoms. The quantitative estimate of drug-likeness (QED) is 0.203. The summed E-state index contributed by atoms with van der Waals surface area (Å²) in [7, 11) is 0. The molecule has 10 nitrogen and oxygen atoms in total. The molecular formula is C36H58O10. The average Bonchev–Trinajstić information content (AvgIpc) is 2.99. The standard InChI is InChI=1S/C36H58O10/c1-19(20(2)38)10-13-36(31(44)46-30-28(42)27(41)26(40)23(18-37)45-30)15-14-34(6)21(16-36)8-9-25-33(5)17-22(39)29(43)32(3,4)24(33)11-12-35(25,34)7/h8-9,16,19-20,22-30,37-43H,10-15,17-18H2,1-7H3/t19-,20+,22-,23-,24-,25-,26-,27+,28-,29-,30+,33+,34-,35-,36+/m1/s1. The van der Waals surface area contributed by atoms with Crippen molar-refractivity contribution in [3.05, 3.63) is 23.8 Å². The highest BCUT2D eigenvalue weighted by Gasteiger charge is 2.67. The Bertz CT molecular complexity index is 1210. The van der Waals surface area contributed by atoms with Crippen molar-refractivity contribution >= 4 is 5.97 Å². The maximum Gasteiger partial charge on any atom is 0.318 e. The van der Waals surface area contributed by atoms with E-state index >= 15 is 0 Å². The highest BCUT2D eigenvalue weighted by atomic mass is 16.7. The topological polar surface area (TPSA) is 177 Å². The maximum atomic E-state index is 14.2. The summed E-state index contributed by atoms with van der Waals surface area (Å²) >= 11 is 0. The van der Waals surface area contributed by atoms with E-state index in [-0.39, 0.29) is 34.0 Å². The van der Waals surface area contributed by atoms with Gasteiger partial charge in [-0.1, -0.05) is 59.8 Å². The smallest absolute Gasteiger partial charge is 0.318 e. The van der Waals surface area contributed by atoms with Crippen LogP contribution in [0.5, 0.6) is 0 Å². The molecule has 2 saturated carbocycles. The molecule has 0 bridgehead atoms. The summed E-state index contributed by atoms with van der Waals surface area (Å²) in [4.78, 5) is 14.2. The highest BCUT2D eigenvalue weighted by Crippen LogP contribution is 2.72. The summed E-state index contributed by atoms with van der Waals surface area (Å²) in [6.07, 6.45) is 1.02. The number of carbonyl (C=O) groups excluding carboxylic acids is 1. The number of hydrogen-bond acceptors (Lipinski definition) is 10. The predicted octanol–water partition coefficient (Wildman–Crippen LogP) is 2.60. The molecule has 15 atom stereocenters. The lowest BCUT2D eigenvalue weighted by Gasteiger charge is -2.69. The van der Waals surface area contributed by atoms with Crippen LogP contribution in [0.1, 0.15) is 93.4 Å². The van der Waals surface area contributed by atoms with Crippen LogP contribution in [-0.4, -0.2) is 97.3 Å².